The predicted octanol–water partition coefficient (Wildman–Crippen LogP) is 4.67. The Morgan fingerprint density at radius 3 is 2.65 bits per heavy atom. The molecule has 0 bridgehead atoms. The van der Waals surface area contributed by atoms with Crippen molar-refractivity contribution in [2.75, 3.05) is 13.8 Å². The first-order valence-corrected chi connectivity index (χ1v) is 11.1. The molecule has 2 aromatic carbocycles. The van der Waals surface area contributed by atoms with Gasteiger partial charge in [0.2, 0.25) is 0 Å². The summed E-state index contributed by atoms with van der Waals surface area (Å²) in [6.07, 6.45) is 6.78. The molecule has 2 aliphatic rings. The van der Waals surface area contributed by atoms with Crippen LogP contribution >= 0.6 is 0 Å². The molecule has 1 aliphatic heterocycles. The van der Waals surface area contributed by atoms with Crippen molar-refractivity contribution < 1.29 is 13.9 Å². The third-order valence-electron chi connectivity index (χ3n) is 6.27. The number of hydrogen-bond donors (Lipinski definition) is 2. The van der Waals surface area contributed by atoms with Gasteiger partial charge in [0, 0.05) is 24.9 Å². The van der Waals surface area contributed by atoms with Gasteiger partial charge in [0.05, 0.1) is 18.8 Å². The van der Waals surface area contributed by atoms with Gasteiger partial charge in [-0.15, -0.1) is 0 Å². The lowest BCUT2D eigenvalue weighted by Crippen LogP contribution is -2.42. The molecule has 4 rings (SSSR count). The highest BCUT2D eigenvalue weighted by Crippen LogP contribution is 2.31. The summed E-state index contributed by atoms with van der Waals surface area (Å²) in [6, 6.07) is 15.1. The van der Waals surface area contributed by atoms with Crippen molar-refractivity contribution >= 4 is 0 Å². The van der Waals surface area contributed by atoms with E-state index in [1.807, 2.05) is 43.5 Å². The minimum Gasteiger partial charge on any atom is -0.489 e. The summed E-state index contributed by atoms with van der Waals surface area (Å²) in [7, 11) is 1.80. The minimum absolute atomic E-state index is 0.106. The van der Waals surface area contributed by atoms with E-state index in [2.05, 4.69) is 15.5 Å². The second kappa shape index (κ2) is 10.1. The Morgan fingerprint density at radius 2 is 1.90 bits per heavy atom. The Morgan fingerprint density at radius 1 is 1.13 bits per heavy atom. The molecule has 1 atom stereocenters. The fourth-order valence-corrected chi connectivity index (χ4v) is 4.48. The second-order valence-electron chi connectivity index (χ2n) is 8.35. The zero-order valence-electron chi connectivity index (χ0n) is 18.3. The first kappa shape index (κ1) is 21.5. The van der Waals surface area contributed by atoms with Gasteiger partial charge in [-0.1, -0.05) is 30.3 Å². The van der Waals surface area contributed by atoms with Gasteiger partial charge < -0.3 is 25.0 Å². The van der Waals surface area contributed by atoms with Crippen molar-refractivity contribution in [2.45, 2.75) is 57.4 Å². The lowest BCUT2D eigenvalue weighted by Gasteiger charge is -2.37. The van der Waals surface area contributed by atoms with Gasteiger partial charge in [0.25, 0.3) is 0 Å². The number of nitrogens with one attached hydrogen (secondary N) is 2. The molecule has 2 aromatic rings. The van der Waals surface area contributed by atoms with E-state index in [-0.39, 0.29) is 11.9 Å². The molecule has 31 heavy (non-hydrogen) atoms. The number of benzene rings is 2. The standard InChI is InChI=1S/C25H32FN3O2/c1-18(28-25-15-27-17-29(25)21-9-11-22(30-2)12-10-21)23-14-20(26)8-13-24(23)31-16-19-6-4-3-5-7-19/h3-8,13-15,18,21-22,27-28H,9-12,16-17H2,1-2H3/t18-,21?,22?/m1/s1. The molecule has 0 aromatic heterocycles. The number of hydrogen-bond acceptors (Lipinski definition) is 5. The van der Waals surface area contributed by atoms with E-state index in [1.165, 1.54) is 6.07 Å². The zero-order valence-corrected chi connectivity index (χ0v) is 18.3. The fraction of sp³-hybridized carbons (Fsp3) is 0.440. The lowest BCUT2D eigenvalue weighted by molar-refractivity contribution is 0.0453. The van der Waals surface area contributed by atoms with Gasteiger partial charge in [-0.05, 0) is 56.4 Å². The summed E-state index contributed by atoms with van der Waals surface area (Å²) >= 11 is 0. The van der Waals surface area contributed by atoms with Crippen molar-refractivity contribution in [3.05, 3.63) is 77.5 Å². The molecule has 0 unspecified atom stereocenters. The summed E-state index contributed by atoms with van der Waals surface area (Å²) in [5.41, 5.74) is 1.89. The third-order valence-corrected chi connectivity index (χ3v) is 6.27. The number of nitrogens with zero attached hydrogens (tertiary/aromatic N) is 1. The highest BCUT2D eigenvalue weighted by molar-refractivity contribution is 5.37. The highest BCUT2D eigenvalue weighted by atomic mass is 19.1. The quantitative estimate of drug-likeness (QED) is 0.643. The van der Waals surface area contributed by atoms with Crippen LogP contribution in [0, 0.1) is 5.82 Å². The van der Waals surface area contributed by atoms with Gasteiger partial charge in [-0.3, -0.25) is 0 Å². The Balaban J connectivity index is 1.43. The van der Waals surface area contributed by atoms with Crippen LogP contribution in [-0.2, 0) is 11.3 Å². The van der Waals surface area contributed by atoms with E-state index < -0.39 is 0 Å². The van der Waals surface area contributed by atoms with Crippen molar-refractivity contribution in [3.63, 3.8) is 0 Å². The Bertz CT molecular complexity index is 882. The number of halogens is 1. The van der Waals surface area contributed by atoms with Gasteiger partial charge in [-0.2, -0.15) is 0 Å². The van der Waals surface area contributed by atoms with Crippen LogP contribution in [-0.4, -0.2) is 30.8 Å². The molecule has 5 nitrogen and oxygen atoms in total. The average Bonchev–Trinajstić information content (AvgIpc) is 3.27. The molecule has 166 valence electrons. The van der Waals surface area contributed by atoms with E-state index >= 15 is 0 Å². The third kappa shape index (κ3) is 5.31. The Kier molecular flexibility index (Phi) is 6.97. The summed E-state index contributed by atoms with van der Waals surface area (Å²) in [5, 5.41) is 6.92. The molecule has 0 saturated heterocycles. The Labute approximate surface area is 184 Å². The second-order valence-corrected chi connectivity index (χ2v) is 8.35. The topological polar surface area (TPSA) is 45.8 Å². The summed E-state index contributed by atoms with van der Waals surface area (Å²) < 4.78 is 25.7. The van der Waals surface area contributed by atoms with Gasteiger partial charge in [0.1, 0.15) is 24.0 Å². The maximum atomic E-state index is 14.1. The first-order valence-electron chi connectivity index (χ1n) is 11.1. The van der Waals surface area contributed by atoms with Crippen LogP contribution in [0.3, 0.4) is 0 Å². The van der Waals surface area contributed by atoms with Crippen LogP contribution in [0.1, 0.15) is 49.8 Å². The molecule has 1 saturated carbocycles. The molecule has 0 radical (unpaired) electrons. The minimum atomic E-state index is -0.260. The summed E-state index contributed by atoms with van der Waals surface area (Å²) in [5.74, 6) is 1.49. The molecule has 0 spiro atoms. The molecule has 1 heterocycles. The van der Waals surface area contributed by atoms with Gasteiger partial charge in [0.15, 0.2) is 0 Å². The van der Waals surface area contributed by atoms with E-state index in [4.69, 9.17) is 9.47 Å². The molecule has 1 fully saturated rings. The molecular weight excluding hydrogens is 393 g/mol. The summed E-state index contributed by atoms with van der Waals surface area (Å²) in [6.45, 7) is 3.28. The zero-order chi connectivity index (χ0) is 21.6. The number of methoxy groups -OCH3 is 1. The fourth-order valence-electron chi connectivity index (χ4n) is 4.48. The van der Waals surface area contributed by atoms with Crippen LogP contribution in [0.5, 0.6) is 5.75 Å². The van der Waals surface area contributed by atoms with E-state index in [1.54, 1.807) is 19.2 Å². The molecular formula is C25H32FN3O2. The van der Waals surface area contributed by atoms with Crippen molar-refractivity contribution in [3.8, 4) is 5.75 Å². The maximum Gasteiger partial charge on any atom is 0.125 e. The predicted molar refractivity (Wildman–Crippen MR) is 120 cm³/mol. The first-order chi connectivity index (χ1) is 15.1. The molecule has 6 heteroatoms. The number of ether oxygens (including phenoxy) is 2. The number of rotatable bonds is 8. The maximum absolute atomic E-state index is 14.1. The van der Waals surface area contributed by atoms with Crippen LogP contribution in [0.2, 0.25) is 0 Å². The van der Waals surface area contributed by atoms with Crippen LogP contribution in [0.4, 0.5) is 4.39 Å². The summed E-state index contributed by atoms with van der Waals surface area (Å²) in [4.78, 5) is 2.38. The lowest BCUT2D eigenvalue weighted by atomic mass is 9.92. The molecule has 1 aliphatic carbocycles. The monoisotopic (exact) mass is 425 g/mol. The van der Waals surface area contributed by atoms with E-state index in [0.717, 1.165) is 49.3 Å². The van der Waals surface area contributed by atoms with Crippen LogP contribution < -0.4 is 15.4 Å². The van der Waals surface area contributed by atoms with Crippen LogP contribution in [0.25, 0.3) is 0 Å². The average molecular weight is 426 g/mol. The highest BCUT2D eigenvalue weighted by Gasteiger charge is 2.29. The largest absolute Gasteiger partial charge is 0.489 e. The molecule has 2 N–H and O–H groups in total. The normalized spacial score (nSPS) is 21.9. The van der Waals surface area contributed by atoms with Crippen molar-refractivity contribution in [1.29, 1.82) is 0 Å². The Hall–Kier alpha value is -2.73. The SMILES string of the molecule is COC1CCC(N2CNC=C2N[C@H](C)c2cc(F)ccc2OCc2ccccc2)CC1. The molecule has 0 amide bonds. The van der Waals surface area contributed by atoms with Crippen molar-refractivity contribution in [2.24, 2.45) is 0 Å². The smallest absolute Gasteiger partial charge is 0.125 e. The van der Waals surface area contributed by atoms with E-state index in [9.17, 15) is 4.39 Å². The van der Waals surface area contributed by atoms with Gasteiger partial charge in [-0.25, -0.2) is 4.39 Å². The van der Waals surface area contributed by atoms with Crippen LogP contribution in [0.15, 0.2) is 60.6 Å². The van der Waals surface area contributed by atoms with E-state index in [0.29, 0.717) is 24.5 Å². The van der Waals surface area contributed by atoms with Crippen molar-refractivity contribution in [1.82, 2.24) is 15.5 Å². The van der Waals surface area contributed by atoms with Gasteiger partial charge >= 0.3 is 0 Å².